The van der Waals surface area contributed by atoms with E-state index in [0.29, 0.717) is 11.3 Å². The summed E-state index contributed by atoms with van der Waals surface area (Å²) >= 11 is 0. The van der Waals surface area contributed by atoms with E-state index in [2.05, 4.69) is 28.5 Å². The van der Waals surface area contributed by atoms with Crippen molar-refractivity contribution >= 4 is 21.6 Å². The molecule has 1 aromatic carbocycles. The van der Waals surface area contributed by atoms with Gasteiger partial charge in [-0.2, -0.15) is 0 Å². The van der Waals surface area contributed by atoms with Crippen molar-refractivity contribution in [3.63, 3.8) is 0 Å². The van der Waals surface area contributed by atoms with E-state index in [-0.39, 0.29) is 12.5 Å². The first kappa shape index (κ1) is 14.8. The molecule has 0 radical (unpaired) electrons. The third-order valence-electron chi connectivity index (χ3n) is 1.93. The Labute approximate surface area is 112 Å². The number of benzene rings is 1. The number of carbonyl (C=O) groups excluding carboxylic acids is 1. The summed E-state index contributed by atoms with van der Waals surface area (Å²) < 4.78 is 24.5. The van der Waals surface area contributed by atoms with Crippen molar-refractivity contribution in [2.75, 3.05) is 17.5 Å². The third-order valence-corrected chi connectivity index (χ3v) is 2.54. The molecule has 0 spiro atoms. The predicted octanol–water partition coefficient (Wildman–Crippen LogP) is 0.712. The van der Waals surface area contributed by atoms with Gasteiger partial charge in [0.25, 0.3) is 0 Å². The van der Waals surface area contributed by atoms with Crippen molar-refractivity contribution in [1.82, 2.24) is 5.32 Å². The van der Waals surface area contributed by atoms with Crippen LogP contribution in [0.3, 0.4) is 0 Å². The van der Waals surface area contributed by atoms with E-state index in [1.165, 1.54) is 6.08 Å². The maximum atomic E-state index is 11.1. The van der Waals surface area contributed by atoms with E-state index in [0.717, 1.165) is 6.26 Å². The first-order valence-corrected chi connectivity index (χ1v) is 7.27. The van der Waals surface area contributed by atoms with Crippen LogP contribution in [0.25, 0.3) is 0 Å². The molecular formula is C13H14N2O3S. The first-order valence-electron chi connectivity index (χ1n) is 5.38. The van der Waals surface area contributed by atoms with Gasteiger partial charge in [-0.3, -0.25) is 9.52 Å². The SMILES string of the molecule is C=CC(=O)NCC#Cc1cccc(NS(C)(=O)=O)c1. The summed E-state index contributed by atoms with van der Waals surface area (Å²) in [7, 11) is -3.30. The molecule has 0 heterocycles. The van der Waals surface area contributed by atoms with Gasteiger partial charge in [0, 0.05) is 11.3 Å². The van der Waals surface area contributed by atoms with Crippen LogP contribution in [0.4, 0.5) is 5.69 Å². The summed E-state index contributed by atoms with van der Waals surface area (Å²) in [4.78, 5) is 10.9. The molecule has 6 heteroatoms. The minimum atomic E-state index is -3.30. The highest BCUT2D eigenvalue weighted by Crippen LogP contribution is 2.10. The molecule has 0 aliphatic heterocycles. The Morgan fingerprint density at radius 3 is 2.84 bits per heavy atom. The van der Waals surface area contributed by atoms with Crippen molar-refractivity contribution in [3.05, 3.63) is 42.5 Å². The maximum Gasteiger partial charge on any atom is 0.244 e. The van der Waals surface area contributed by atoms with Gasteiger partial charge in [0.1, 0.15) is 0 Å². The standard InChI is InChI=1S/C13H14N2O3S/c1-3-13(16)14-9-5-7-11-6-4-8-12(10-11)15-19(2,17)18/h3-4,6,8,10,15H,1,9H2,2H3,(H,14,16). The molecule has 1 amide bonds. The molecule has 0 saturated carbocycles. The summed E-state index contributed by atoms with van der Waals surface area (Å²) in [6.45, 7) is 3.52. The highest BCUT2D eigenvalue weighted by molar-refractivity contribution is 7.92. The number of sulfonamides is 1. The maximum absolute atomic E-state index is 11.1. The molecule has 0 bridgehead atoms. The smallest absolute Gasteiger partial charge is 0.244 e. The van der Waals surface area contributed by atoms with E-state index in [4.69, 9.17) is 0 Å². The lowest BCUT2D eigenvalue weighted by molar-refractivity contribution is -0.116. The molecular weight excluding hydrogens is 264 g/mol. The van der Waals surface area contributed by atoms with Crippen LogP contribution in [0.5, 0.6) is 0 Å². The van der Waals surface area contributed by atoms with Crippen LogP contribution in [0.1, 0.15) is 5.56 Å². The first-order chi connectivity index (χ1) is 8.90. The molecule has 19 heavy (non-hydrogen) atoms. The van der Waals surface area contributed by atoms with Crippen molar-refractivity contribution in [2.24, 2.45) is 0 Å². The lowest BCUT2D eigenvalue weighted by atomic mass is 10.2. The molecule has 1 rings (SSSR count). The van der Waals surface area contributed by atoms with E-state index < -0.39 is 10.0 Å². The average Bonchev–Trinajstić information content (AvgIpc) is 2.32. The minimum Gasteiger partial charge on any atom is -0.342 e. The largest absolute Gasteiger partial charge is 0.342 e. The number of hydrogen-bond donors (Lipinski definition) is 2. The molecule has 0 atom stereocenters. The number of rotatable bonds is 4. The van der Waals surface area contributed by atoms with Crippen LogP contribution < -0.4 is 10.0 Å². The Kier molecular flexibility index (Phi) is 5.15. The summed E-state index contributed by atoms with van der Waals surface area (Å²) in [5, 5.41) is 2.51. The molecule has 0 unspecified atom stereocenters. The predicted molar refractivity (Wildman–Crippen MR) is 75.0 cm³/mol. The van der Waals surface area contributed by atoms with Gasteiger partial charge < -0.3 is 5.32 Å². The summed E-state index contributed by atoms with van der Waals surface area (Å²) in [5.41, 5.74) is 1.10. The lowest BCUT2D eigenvalue weighted by Gasteiger charge is -2.03. The van der Waals surface area contributed by atoms with E-state index >= 15 is 0 Å². The fourth-order valence-corrected chi connectivity index (χ4v) is 1.78. The number of amides is 1. The van der Waals surface area contributed by atoms with Crippen LogP contribution in [0.2, 0.25) is 0 Å². The van der Waals surface area contributed by atoms with Gasteiger partial charge in [-0.05, 0) is 24.3 Å². The highest BCUT2D eigenvalue weighted by Gasteiger charge is 2.01. The Hall–Kier alpha value is -2.26. The van der Waals surface area contributed by atoms with Crippen molar-refractivity contribution in [3.8, 4) is 11.8 Å². The van der Waals surface area contributed by atoms with Crippen LogP contribution in [-0.4, -0.2) is 27.1 Å². The second-order valence-corrected chi connectivity index (χ2v) is 5.43. The zero-order valence-corrected chi connectivity index (χ0v) is 11.3. The quantitative estimate of drug-likeness (QED) is 0.629. The van der Waals surface area contributed by atoms with Crippen LogP contribution in [-0.2, 0) is 14.8 Å². The normalized spacial score (nSPS) is 9.95. The third kappa shape index (κ3) is 6.29. The minimum absolute atomic E-state index is 0.203. The average molecular weight is 278 g/mol. The second-order valence-electron chi connectivity index (χ2n) is 3.68. The van der Waals surface area contributed by atoms with Crippen molar-refractivity contribution < 1.29 is 13.2 Å². The van der Waals surface area contributed by atoms with Gasteiger partial charge in [-0.1, -0.05) is 24.5 Å². The fourth-order valence-electron chi connectivity index (χ4n) is 1.22. The molecule has 0 aliphatic rings. The zero-order chi connectivity index (χ0) is 14.3. The number of anilines is 1. The molecule has 100 valence electrons. The number of hydrogen-bond acceptors (Lipinski definition) is 3. The van der Waals surface area contributed by atoms with Crippen molar-refractivity contribution in [1.29, 1.82) is 0 Å². The Balaban J connectivity index is 2.70. The summed E-state index contributed by atoms with van der Waals surface area (Å²) in [6, 6.07) is 6.69. The molecule has 0 saturated heterocycles. The van der Waals surface area contributed by atoms with Gasteiger partial charge in [0.2, 0.25) is 15.9 Å². The van der Waals surface area contributed by atoms with Gasteiger partial charge in [-0.25, -0.2) is 8.42 Å². The zero-order valence-electron chi connectivity index (χ0n) is 10.4. The lowest BCUT2D eigenvalue weighted by Crippen LogP contribution is -2.20. The molecule has 0 aromatic heterocycles. The number of carbonyl (C=O) groups is 1. The van der Waals surface area contributed by atoms with Gasteiger partial charge in [-0.15, -0.1) is 0 Å². The molecule has 0 aliphatic carbocycles. The Morgan fingerprint density at radius 2 is 2.21 bits per heavy atom. The molecule has 0 fully saturated rings. The van der Waals surface area contributed by atoms with Gasteiger partial charge in [0.05, 0.1) is 12.8 Å². The summed E-state index contributed by atoms with van der Waals surface area (Å²) in [5.74, 6) is 5.28. The van der Waals surface area contributed by atoms with E-state index in [1.807, 2.05) is 0 Å². The second kappa shape index (κ2) is 6.61. The molecule has 1 aromatic rings. The summed E-state index contributed by atoms with van der Waals surface area (Å²) in [6.07, 6.45) is 2.24. The van der Waals surface area contributed by atoms with Crippen molar-refractivity contribution in [2.45, 2.75) is 0 Å². The van der Waals surface area contributed by atoms with E-state index in [1.54, 1.807) is 24.3 Å². The Morgan fingerprint density at radius 1 is 1.47 bits per heavy atom. The van der Waals surface area contributed by atoms with E-state index in [9.17, 15) is 13.2 Å². The van der Waals surface area contributed by atoms with Gasteiger partial charge in [0.15, 0.2) is 0 Å². The molecule has 5 nitrogen and oxygen atoms in total. The highest BCUT2D eigenvalue weighted by atomic mass is 32.2. The fraction of sp³-hybridized carbons (Fsp3) is 0.154. The monoisotopic (exact) mass is 278 g/mol. The number of nitrogens with one attached hydrogen (secondary N) is 2. The Bertz CT molecular complexity index is 639. The topological polar surface area (TPSA) is 75.3 Å². The van der Waals surface area contributed by atoms with Gasteiger partial charge >= 0.3 is 0 Å². The van der Waals surface area contributed by atoms with Crippen LogP contribution in [0.15, 0.2) is 36.9 Å². The van der Waals surface area contributed by atoms with Crippen LogP contribution in [0, 0.1) is 11.8 Å². The molecule has 2 N–H and O–H groups in total. The van der Waals surface area contributed by atoms with Crippen LogP contribution >= 0.6 is 0 Å².